The molecular formula is C15H21N3O3. The summed E-state index contributed by atoms with van der Waals surface area (Å²) in [5, 5.41) is 12.6. The van der Waals surface area contributed by atoms with Gasteiger partial charge in [0.05, 0.1) is 18.2 Å². The Hall–Kier alpha value is -1.76. The standard InChI is InChI=1S/C15H21N3O3/c1-15(2)14(21)17-13(20)9-18(15)8-12(19)11-5-3-10(7-16)4-6-11/h3-6,12,19H,7-9,16H2,1-2H3,(H,17,20,21). The summed E-state index contributed by atoms with van der Waals surface area (Å²) < 4.78 is 0. The minimum Gasteiger partial charge on any atom is -0.387 e. The van der Waals surface area contributed by atoms with Crippen LogP contribution in [0.25, 0.3) is 0 Å². The minimum absolute atomic E-state index is 0.0939. The molecule has 0 bridgehead atoms. The molecule has 0 saturated carbocycles. The van der Waals surface area contributed by atoms with Crippen LogP contribution in [0.4, 0.5) is 0 Å². The van der Waals surface area contributed by atoms with Crippen molar-refractivity contribution in [1.82, 2.24) is 10.2 Å². The van der Waals surface area contributed by atoms with Crippen molar-refractivity contribution in [1.29, 1.82) is 0 Å². The maximum Gasteiger partial charge on any atom is 0.246 e. The van der Waals surface area contributed by atoms with Gasteiger partial charge in [0.2, 0.25) is 11.8 Å². The van der Waals surface area contributed by atoms with Crippen LogP contribution in [0.1, 0.15) is 31.1 Å². The molecule has 2 rings (SSSR count). The average Bonchev–Trinajstić information content (AvgIpc) is 2.45. The fourth-order valence-electron chi connectivity index (χ4n) is 2.32. The summed E-state index contributed by atoms with van der Waals surface area (Å²) in [7, 11) is 0. The van der Waals surface area contributed by atoms with E-state index < -0.39 is 11.6 Å². The van der Waals surface area contributed by atoms with Crippen molar-refractivity contribution >= 4 is 11.8 Å². The van der Waals surface area contributed by atoms with Gasteiger partial charge < -0.3 is 10.8 Å². The molecule has 1 aromatic carbocycles. The smallest absolute Gasteiger partial charge is 0.246 e. The van der Waals surface area contributed by atoms with E-state index in [-0.39, 0.29) is 24.9 Å². The zero-order valence-corrected chi connectivity index (χ0v) is 12.3. The number of carbonyl (C=O) groups excluding carboxylic acids is 2. The highest BCUT2D eigenvalue weighted by Gasteiger charge is 2.41. The summed E-state index contributed by atoms with van der Waals surface area (Å²) in [6, 6.07) is 7.34. The molecule has 1 atom stereocenters. The van der Waals surface area contributed by atoms with Gasteiger partial charge in [-0.05, 0) is 25.0 Å². The zero-order valence-electron chi connectivity index (χ0n) is 12.3. The number of nitrogens with two attached hydrogens (primary N) is 1. The number of amides is 2. The third-order valence-electron chi connectivity index (χ3n) is 3.93. The molecule has 21 heavy (non-hydrogen) atoms. The van der Waals surface area contributed by atoms with Gasteiger partial charge in [-0.1, -0.05) is 24.3 Å². The molecule has 0 aromatic heterocycles. The topological polar surface area (TPSA) is 95.7 Å². The van der Waals surface area contributed by atoms with E-state index >= 15 is 0 Å². The molecule has 2 amide bonds. The third kappa shape index (κ3) is 3.29. The number of aliphatic hydroxyl groups is 1. The molecule has 1 saturated heterocycles. The Kier molecular flexibility index (Phi) is 4.41. The van der Waals surface area contributed by atoms with E-state index in [0.717, 1.165) is 11.1 Å². The van der Waals surface area contributed by atoms with Crippen molar-refractivity contribution < 1.29 is 14.7 Å². The van der Waals surface area contributed by atoms with E-state index in [1.807, 2.05) is 24.3 Å². The molecule has 4 N–H and O–H groups in total. The van der Waals surface area contributed by atoms with Crippen LogP contribution < -0.4 is 11.1 Å². The van der Waals surface area contributed by atoms with Gasteiger partial charge in [0.1, 0.15) is 0 Å². The molecule has 1 aliphatic rings. The van der Waals surface area contributed by atoms with Gasteiger partial charge >= 0.3 is 0 Å². The number of benzene rings is 1. The summed E-state index contributed by atoms with van der Waals surface area (Å²) in [6.45, 7) is 4.23. The second kappa shape index (κ2) is 5.93. The van der Waals surface area contributed by atoms with Crippen molar-refractivity contribution in [3.63, 3.8) is 0 Å². The van der Waals surface area contributed by atoms with Crippen LogP contribution in [-0.4, -0.2) is 40.4 Å². The summed E-state index contributed by atoms with van der Waals surface area (Å²) in [6.07, 6.45) is -0.769. The average molecular weight is 291 g/mol. The third-order valence-corrected chi connectivity index (χ3v) is 3.93. The molecule has 1 aromatic rings. The fourth-order valence-corrected chi connectivity index (χ4v) is 2.32. The number of carbonyl (C=O) groups is 2. The van der Waals surface area contributed by atoms with E-state index in [4.69, 9.17) is 5.73 Å². The largest absolute Gasteiger partial charge is 0.387 e. The van der Waals surface area contributed by atoms with E-state index in [1.54, 1.807) is 18.7 Å². The van der Waals surface area contributed by atoms with Crippen LogP contribution in [0.2, 0.25) is 0 Å². The first kappa shape index (κ1) is 15.6. The molecular weight excluding hydrogens is 270 g/mol. The lowest BCUT2D eigenvalue weighted by Gasteiger charge is -2.41. The van der Waals surface area contributed by atoms with Crippen LogP contribution >= 0.6 is 0 Å². The second-order valence-corrected chi connectivity index (χ2v) is 5.78. The molecule has 6 nitrogen and oxygen atoms in total. The van der Waals surface area contributed by atoms with Crippen LogP contribution in [0.5, 0.6) is 0 Å². The van der Waals surface area contributed by atoms with Gasteiger partial charge in [-0.25, -0.2) is 0 Å². The van der Waals surface area contributed by atoms with Gasteiger partial charge in [0, 0.05) is 13.1 Å². The molecule has 0 spiro atoms. The van der Waals surface area contributed by atoms with E-state index in [9.17, 15) is 14.7 Å². The molecule has 1 fully saturated rings. The number of rotatable bonds is 4. The fraction of sp³-hybridized carbons (Fsp3) is 0.467. The van der Waals surface area contributed by atoms with E-state index in [2.05, 4.69) is 5.32 Å². The number of hydrogen-bond acceptors (Lipinski definition) is 5. The predicted octanol–water partition coefficient (Wildman–Crippen LogP) is -0.0843. The van der Waals surface area contributed by atoms with Crippen LogP contribution in [0.15, 0.2) is 24.3 Å². The van der Waals surface area contributed by atoms with Gasteiger partial charge in [-0.15, -0.1) is 0 Å². The van der Waals surface area contributed by atoms with Crippen LogP contribution in [-0.2, 0) is 16.1 Å². The number of hydrogen-bond donors (Lipinski definition) is 3. The molecule has 114 valence electrons. The molecule has 6 heteroatoms. The quantitative estimate of drug-likeness (QED) is 0.674. The Morgan fingerprint density at radius 3 is 2.52 bits per heavy atom. The van der Waals surface area contributed by atoms with Crippen molar-refractivity contribution in [2.24, 2.45) is 5.73 Å². The number of β-amino-alcohol motifs (C(OH)–C–C–N with tert-alkyl or cyclic N) is 1. The molecule has 1 aliphatic heterocycles. The number of nitrogens with zero attached hydrogens (tertiary/aromatic N) is 1. The van der Waals surface area contributed by atoms with Crippen molar-refractivity contribution in [3.8, 4) is 0 Å². The van der Waals surface area contributed by atoms with E-state index in [1.165, 1.54) is 0 Å². The Morgan fingerprint density at radius 2 is 1.95 bits per heavy atom. The van der Waals surface area contributed by atoms with Crippen LogP contribution in [0, 0.1) is 0 Å². The van der Waals surface area contributed by atoms with Gasteiger partial charge in [0.15, 0.2) is 0 Å². The van der Waals surface area contributed by atoms with Crippen LogP contribution in [0.3, 0.4) is 0 Å². The summed E-state index contributed by atoms with van der Waals surface area (Å²) in [5.41, 5.74) is 6.43. The predicted molar refractivity (Wildman–Crippen MR) is 78.1 cm³/mol. The Bertz CT molecular complexity index is 540. The second-order valence-electron chi connectivity index (χ2n) is 5.78. The number of nitrogens with one attached hydrogen (secondary N) is 1. The molecule has 0 radical (unpaired) electrons. The highest BCUT2D eigenvalue weighted by atomic mass is 16.3. The lowest BCUT2D eigenvalue weighted by Crippen LogP contribution is -2.64. The maximum atomic E-state index is 11.9. The minimum atomic E-state index is -0.827. The van der Waals surface area contributed by atoms with Gasteiger partial charge in [-0.2, -0.15) is 0 Å². The Morgan fingerprint density at radius 1 is 1.33 bits per heavy atom. The summed E-state index contributed by atoms with van der Waals surface area (Å²) in [5.74, 6) is -0.686. The lowest BCUT2D eigenvalue weighted by atomic mass is 9.97. The normalized spacial score (nSPS) is 20.2. The monoisotopic (exact) mass is 291 g/mol. The van der Waals surface area contributed by atoms with E-state index in [0.29, 0.717) is 6.54 Å². The number of aliphatic hydroxyl groups excluding tert-OH is 1. The SMILES string of the molecule is CC1(C)C(=O)NC(=O)CN1CC(O)c1ccc(CN)cc1. The first-order chi connectivity index (χ1) is 9.84. The number of piperazine rings is 1. The highest BCUT2D eigenvalue weighted by molar-refractivity contribution is 6.02. The molecule has 0 aliphatic carbocycles. The molecule has 1 unspecified atom stereocenters. The van der Waals surface area contributed by atoms with Gasteiger partial charge in [-0.3, -0.25) is 19.8 Å². The zero-order chi connectivity index (χ0) is 15.6. The molecule has 1 heterocycles. The van der Waals surface area contributed by atoms with Gasteiger partial charge in [0.25, 0.3) is 0 Å². The Balaban J connectivity index is 2.11. The summed E-state index contributed by atoms with van der Waals surface area (Å²) in [4.78, 5) is 25.1. The van der Waals surface area contributed by atoms with Crippen molar-refractivity contribution in [2.45, 2.75) is 32.0 Å². The highest BCUT2D eigenvalue weighted by Crippen LogP contribution is 2.23. The lowest BCUT2D eigenvalue weighted by molar-refractivity contribution is -0.146. The first-order valence-electron chi connectivity index (χ1n) is 6.91. The van der Waals surface area contributed by atoms with Crippen molar-refractivity contribution in [2.75, 3.05) is 13.1 Å². The summed E-state index contributed by atoms with van der Waals surface area (Å²) >= 11 is 0. The first-order valence-corrected chi connectivity index (χ1v) is 6.91. The Labute approximate surface area is 123 Å². The number of imide groups is 1. The maximum absolute atomic E-state index is 11.9. The van der Waals surface area contributed by atoms with Crippen molar-refractivity contribution in [3.05, 3.63) is 35.4 Å².